The molecule has 0 saturated heterocycles. The van der Waals surface area contributed by atoms with E-state index in [1.165, 1.54) is 13.8 Å². The third kappa shape index (κ3) is 4.35. The first-order chi connectivity index (χ1) is 8.90. The smallest absolute Gasteiger partial charge is 0.319 e. The SMILES string of the molecule is CC(=O)c1ccc(NC(=O)NC(C)(CO)CO)cc1. The second-order valence-electron chi connectivity index (χ2n) is 4.59. The Hall–Kier alpha value is -1.92. The number of carbonyl (C=O) groups excluding carboxylic acids is 2. The average Bonchev–Trinajstić information content (AvgIpc) is 2.39. The highest BCUT2D eigenvalue weighted by atomic mass is 16.3. The number of nitrogens with one attached hydrogen (secondary N) is 2. The first-order valence-electron chi connectivity index (χ1n) is 5.82. The molecule has 0 heterocycles. The van der Waals surface area contributed by atoms with Gasteiger partial charge in [0.25, 0.3) is 0 Å². The van der Waals surface area contributed by atoms with E-state index in [4.69, 9.17) is 10.2 Å². The molecule has 0 saturated carbocycles. The number of anilines is 1. The number of hydrogen-bond acceptors (Lipinski definition) is 4. The maximum absolute atomic E-state index is 11.7. The van der Waals surface area contributed by atoms with Crippen LogP contribution in [0.2, 0.25) is 0 Å². The number of aliphatic hydroxyl groups excluding tert-OH is 2. The van der Waals surface area contributed by atoms with Crippen molar-refractivity contribution in [1.29, 1.82) is 0 Å². The summed E-state index contributed by atoms with van der Waals surface area (Å²) in [7, 11) is 0. The molecule has 0 aliphatic carbocycles. The molecule has 1 rings (SSSR count). The molecule has 104 valence electrons. The zero-order valence-corrected chi connectivity index (χ0v) is 10.9. The van der Waals surface area contributed by atoms with Crippen LogP contribution in [0.25, 0.3) is 0 Å². The van der Waals surface area contributed by atoms with E-state index in [0.717, 1.165) is 0 Å². The Labute approximate surface area is 111 Å². The first-order valence-corrected chi connectivity index (χ1v) is 5.82. The lowest BCUT2D eigenvalue weighted by Gasteiger charge is -2.26. The zero-order valence-electron chi connectivity index (χ0n) is 10.9. The molecule has 0 bridgehead atoms. The van der Waals surface area contributed by atoms with E-state index in [1.807, 2.05) is 0 Å². The molecule has 0 spiro atoms. The van der Waals surface area contributed by atoms with Gasteiger partial charge in [-0.3, -0.25) is 4.79 Å². The summed E-state index contributed by atoms with van der Waals surface area (Å²) >= 11 is 0. The van der Waals surface area contributed by atoms with Crippen molar-refractivity contribution in [3.8, 4) is 0 Å². The molecule has 2 amide bonds. The molecule has 19 heavy (non-hydrogen) atoms. The maximum atomic E-state index is 11.7. The third-order valence-electron chi connectivity index (χ3n) is 2.66. The van der Waals surface area contributed by atoms with E-state index in [0.29, 0.717) is 11.3 Å². The third-order valence-corrected chi connectivity index (χ3v) is 2.66. The van der Waals surface area contributed by atoms with Gasteiger partial charge < -0.3 is 20.8 Å². The molecular formula is C13H18N2O4. The van der Waals surface area contributed by atoms with Crippen LogP contribution in [0.3, 0.4) is 0 Å². The van der Waals surface area contributed by atoms with Gasteiger partial charge in [0, 0.05) is 11.3 Å². The average molecular weight is 266 g/mol. The number of hydrogen-bond donors (Lipinski definition) is 4. The van der Waals surface area contributed by atoms with Crippen molar-refractivity contribution in [2.24, 2.45) is 0 Å². The fraction of sp³-hybridized carbons (Fsp3) is 0.385. The highest BCUT2D eigenvalue weighted by Crippen LogP contribution is 2.10. The molecule has 0 atom stereocenters. The van der Waals surface area contributed by atoms with Crippen molar-refractivity contribution in [2.75, 3.05) is 18.5 Å². The van der Waals surface area contributed by atoms with E-state index in [1.54, 1.807) is 24.3 Å². The molecule has 1 aromatic rings. The van der Waals surface area contributed by atoms with E-state index in [9.17, 15) is 9.59 Å². The van der Waals surface area contributed by atoms with Gasteiger partial charge in [0.1, 0.15) is 0 Å². The summed E-state index contributed by atoms with van der Waals surface area (Å²) in [6.45, 7) is 2.23. The van der Waals surface area contributed by atoms with Gasteiger partial charge in [0.15, 0.2) is 5.78 Å². The van der Waals surface area contributed by atoms with Crippen molar-refractivity contribution in [2.45, 2.75) is 19.4 Å². The van der Waals surface area contributed by atoms with E-state index in [-0.39, 0.29) is 19.0 Å². The Bertz CT molecular complexity index is 452. The summed E-state index contributed by atoms with van der Waals surface area (Å²) in [5.41, 5.74) is -0.00843. The standard InChI is InChI=1S/C13H18N2O4/c1-9(18)10-3-5-11(6-4-10)14-12(19)15-13(2,7-16)8-17/h3-6,16-17H,7-8H2,1-2H3,(H2,14,15,19). The molecule has 6 heteroatoms. The van der Waals surface area contributed by atoms with Crippen LogP contribution in [-0.4, -0.2) is 40.8 Å². The largest absolute Gasteiger partial charge is 0.394 e. The summed E-state index contributed by atoms with van der Waals surface area (Å²) in [4.78, 5) is 22.7. The van der Waals surface area contributed by atoms with Crippen molar-refractivity contribution < 1.29 is 19.8 Å². The molecular weight excluding hydrogens is 248 g/mol. The Balaban J connectivity index is 2.64. The van der Waals surface area contributed by atoms with Gasteiger partial charge in [-0.15, -0.1) is 0 Å². The van der Waals surface area contributed by atoms with Crippen molar-refractivity contribution in [3.63, 3.8) is 0 Å². The van der Waals surface area contributed by atoms with Crippen LogP contribution in [0, 0.1) is 0 Å². The van der Waals surface area contributed by atoms with Gasteiger partial charge in [0.05, 0.1) is 18.8 Å². The monoisotopic (exact) mass is 266 g/mol. The van der Waals surface area contributed by atoms with Gasteiger partial charge in [0.2, 0.25) is 0 Å². The van der Waals surface area contributed by atoms with E-state index < -0.39 is 11.6 Å². The number of urea groups is 1. The van der Waals surface area contributed by atoms with Crippen LogP contribution in [0.1, 0.15) is 24.2 Å². The number of Topliss-reactive ketones (excluding diaryl/α,β-unsaturated/α-hetero) is 1. The molecule has 0 radical (unpaired) electrons. The van der Waals surface area contributed by atoms with E-state index >= 15 is 0 Å². The predicted molar refractivity (Wildman–Crippen MR) is 71.2 cm³/mol. The summed E-state index contributed by atoms with van der Waals surface area (Å²) in [6.07, 6.45) is 0. The van der Waals surface area contributed by atoms with Gasteiger partial charge in [-0.1, -0.05) is 0 Å². The van der Waals surface area contributed by atoms with Crippen LogP contribution in [0.15, 0.2) is 24.3 Å². The van der Waals surface area contributed by atoms with Crippen LogP contribution >= 0.6 is 0 Å². The normalized spacial score (nSPS) is 10.9. The Morgan fingerprint density at radius 2 is 1.68 bits per heavy atom. The highest BCUT2D eigenvalue weighted by molar-refractivity contribution is 5.95. The number of ketones is 1. The van der Waals surface area contributed by atoms with Crippen molar-refractivity contribution in [1.82, 2.24) is 5.32 Å². The quantitative estimate of drug-likeness (QED) is 0.591. The first kappa shape index (κ1) is 15.1. The summed E-state index contributed by atoms with van der Waals surface area (Å²) in [5, 5.41) is 23.1. The summed E-state index contributed by atoms with van der Waals surface area (Å²) < 4.78 is 0. The minimum atomic E-state index is -1.08. The number of rotatable bonds is 5. The molecule has 0 unspecified atom stereocenters. The fourth-order valence-electron chi connectivity index (χ4n) is 1.35. The molecule has 6 nitrogen and oxygen atoms in total. The molecule has 0 aromatic heterocycles. The number of carbonyl (C=O) groups is 2. The lowest BCUT2D eigenvalue weighted by molar-refractivity contribution is 0.101. The highest BCUT2D eigenvalue weighted by Gasteiger charge is 2.24. The van der Waals surface area contributed by atoms with Crippen molar-refractivity contribution >= 4 is 17.5 Å². The molecule has 1 aromatic carbocycles. The van der Waals surface area contributed by atoms with Crippen LogP contribution in [0.5, 0.6) is 0 Å². The molecule has 0 aliphatic heterocycles. The lowest BCUT2D eigenvalue weighted by atomic mass is 10.1. The van der Waals surface area contributed by atoms with Crippen molar-refractivity contribution in [3.05, 3.63) is 29.8 Å². The number of amides is 2. The number of benzene rings is 1. The molecule has 4 N–H and O–H groups in total. The van der Waals surface area contributed by atoms with E-state index in [2.05, 4.69) is 10.6 Å². The minimum absolute atomic E-state index is 0.0517. The lowest BCUT2D eigenvalue weighted by Crippen LogP contribution is -2.53. The Morgan fingerprint density at radius 1 is 1.16 bits per heavy atom. The fourth-order valence-corrected chi connectivity index (χ4v) is 1.35. The molecule has 0 aliphatic rings. The van der Waals surface area contributed by atoms with Gasteiger partial charge >= 0.3 is 6.03 Å². The Morgan fingerprint density at radius 3 is 2.11 bits per heavy atom. The zero-order chi connectivity index (χ0) is 14.5. The molecule has 0 fully saturated rings. The second-order valence-corrected chi connectivity index (χ2v) is 4.59. The minimum Gasteiger partial charge on any atom is -0.394 e. The van der Waals surface area contributed by atoms with Crippen LogP contribution in [0.4, 0.5) is 10.5 Å². The summed E-state index contributed by atoms with van der Waals surface area (Å²) in [6, 6.07) is 5.88. The van der Waals surface area contributed by atoms with Gasteiger partial charge in [-0.05, 0) is 38.1 Å². The second kappa shape index (κ2) is 6.31. The maximum Gasteiger partial charge on any atom is 0.319 e. The number of aliphatic hydroxyl groups is 2. The topological polar surface area (TPSA) is 98.7 Å². The summed E-state index contributed by atoms with van der Waals surface area (Å²) in [5.74, 6) is -0.0517. The van der Waals surface area contributed by atoms with Crippen LogP contribution < -0.4 is 10.6 Å². The Kier molecular flexibility index (Phi) is 5.02. The van der Waals surface area contributed by atoms with Gasteiger partial charge in [-0.25, -0.2) is 4.79 Å². The van der Waals surface area contributed by atoms with Crippen LogP contribution in [-0.2, 0) is 0 Å². The predicted octanol–water partition coefficient (Wildman–Crippen LogP) is 0.754. The van der Waals surface area contributed by atoms with Gasteiger partial charge in [-0.2, -0.15) is 0 Å².